The third kappa shape index (κ3) is 2.08. The van der Waals surface area contributed by atoms with Crippen LogP contribution in [0.2, 0.25) is 0 Å². The van der Waals surface area contributed by atoms with E-state index >= 15 is 0 Å². The highest BCUT2D eigenvalue weighted by atomic mass is 16.5. The summed E-state index contributed by atoms with van der Waals surface area (Å²) in [4.78, 5) is 22.5. The number of aromatic amines is 1. The monoisotopic (exact) mass is 256 g/mol. The van der Waals surface area contributed by atoms with Crippen LogP contribution in [0.25, 0.3) is 0 Å². The molecule has 3 rings (SSSR count). The lowest BCUT2D eigenvalue weighted by molar-refractivity contribution is 0.415. The summed E-state index contributed by atoms with van der Waals surface area (Å²) < 4.78 is 5.12. The first-order chi connectivity index (χ1) is 9.28. The third-order valence-corrected chi connectivity index (χ3v) is 2.93. The number of anilines is 1. The van der Waals surface area contributed by atoms with Crippen LogP contribution in [0.3, 0.4) is 0 Å². The second kappa shape index (κ2) is 4.56. The summed E-state index contributed by atoms with van der Waals surface area (Å²) in [6.45, 7) is 0.494. The van der Waals surface area contributed by atoms with Gasteiger partial charge in [0.2, 0.25) is 0 Å². The standard InChI is InChI=1S/C13H12N4O2/c1-19-9-4-2-8(3-5-9)10-6-14-11-12(17-10)15-7-16-13(11)18/h2-5,7,14H,6H2,1H3,(H,15,16,18). The van der Waals surface area contributed by atoms with Gasteiger partial charge in [0.1, 0.15) is 11.4 Å². The average Bonchev–Trinajstić information content (AvgIpc) is 2.47. The van der Waals surface area contributed by atoms with Crippen LogP contribution in [-0.4, -0.2) is 29.3 Å². The normalized spacial score (nSPS) is 13.2. The fraction of sp³-hybridized carbons (Fsp3) is 0.154. The number of benzene rings is 1. The summed E-state index contributed by atoms with van der Waals surface area (Å²) in [6.07, 6.45) is 1.35. The molecule has 0 fully saturated rings. The van der Waals surface area contributed by atoms with Crippen molar-refractivity contribution < 1.29 is 4.74 Å². The first kappa shape index (κ1) is 11.5. The Morgan fingerprint density at radius 3 is 2.79 bits per heavy atom. The molecule has 6 heteroatoms. The summed E-state index contributed by atoms with van der Waals surface area (Å²) in [5, 5.41) is 3.04. The number of rotatable bonds is 2. The van der Waals surface area contributed by atoms with E-state index in [2.05, 4.69) is 20.3 Å². The van der Waals surface area contributed by atoms with E-state index in [0.29, 0.717) is 18.1 Å². The number of hydrogen-bond donors (Lipinski definition) is 2. The SMILES string of the molecule is COc1ccc(C2=Nc3nc[nH]c(=O)c3NC2)cc1. The maximum Gasteiger partial charge on any atom is 0.276 e. The van der Waals surface area contributed by atoms with Crippen LogP contribution in [-0.2, 0) is 0 Å². The number of hydrogen-bond acceptors (Lipinski definition) is 5. The van der Waals surface area contributed by atoms with Gasteiger partial charge in [-0.25, -0.2) is 9.98 Å². The van der Waals surface area contributed by atoms with Crippen molar-refractivity contribution >= 4 is 17.2 Å². The second-order valence-corrected chi connectivity index (χ2v) is 4.07. The minimum absolute atomic E-state index is 0.206. The van der Waals surface area contributed by atoms with Crippen molar-refractivity contribution in [3.8, 4) is 5.75 Å². The summed E-state index contributed by atoms with van der Waals surface area (Å²) in [7, 11) is 1.63. The lowest BCUT2D eigenvalue weighted by atomic mass is 10.1. The molecule has 2 heterocycles. The molecule has 6 nitrogen and oxygen atoms in total. The van der Waals surface area contributed by atoms with Gasteiger partial charge in [0.05, 0.1) is 25.7 Å². The molecule has 0 saturated carbocycles. The molecular formula is C13H12N4O2. The first-order valence-corrected chi connectivity index (χ1v) is 5.81. The zero-order chi connectivity index (χ0) is 13.2. The number of H-pyrrole nitrogens is 1. The Morgan fingerprint density at radius 2 is 2.05 bits per heavy atom. The lowest BCUT2D eigenvalue weighted by Crippen LogP contribution is -2.24. The van der Waals surface area contributed by atoms with E-state index < -0.39 is 0 Å². The molecular weight excluding hydrogens is 244 g/mol. The second-order valence-electron chi connectivity index (χ2n) is 4.07. The highest BCUT2D eigenvalue weighted by Gasteiger charge is 2.16. The predicted molar refractivity (Wildman–Crippen MR) is 72.5 cm³/mol. The van der Waals surface area contributed by atoms with Gasteiger partial charge in [-0.3, -0.25) is 4.79 Å². The largest absolute Gasteiger partial charge is 0.497 e. The van der Waals surface area contributed by atoms with Crippen molar-refractivity contribution in [1.82, 2.24) is 9.97 Å². The minimum atomic E-state index is -0.206. The Morgan fingerprint density at radius 1 is 1.26 bits per heavy atom. The van der Waals surface area contributed by atoms with E-state index in [0.717, 1.165) is 17.0 Å². The third-order valence-electron chi connectivity index (χ3n) is 2.93. The maximum atomic E-state index is 11.5. The highest BCUT2D eigenvalue weighted by molar-refractivity contribution is 6.06. The topological polar surface area (TPSA) is 79.4 Å². The molecule has 0 radical (unpaired) electrons. The Labute approximate surface area is 109 Å². The van der Waals surface area contributed by atoms with Crippen molar-refractivity contribution in [2.45, 2.75) is 0 Å². The molecule has 1 aliphatic rings. The minimum Gasteiger partial charge on any atom is -0.497 e. The summed E-state index contributed by atoms with van der Waals surface area (Å²) in [6, 6.07) is 7.60. The number of nitrogens with zero attached hydrogens (tertiary/aromatic N) is 2. The van der Waals surface area contributed by atoms with Crippen LogP contribution in [0.15, 0.2) is 40.4 Å². The Hall–Kier alpha value is -2.63. The van der Waals surface area contributed by atoms with Crippen LogP contribution in [0.5, 0.6) is 5.75 Å². The van der Waals surface area contributed by atoms with Crippen LogP contribution in [0.4, 0.5) is 11.5 Å². The molecule has 0 bridgehead atoms. The number of methoxy groups -OCH3 is 1. The van der Waals surface area contributed by atoms with Crippen LogP contribution < -0.4 is 15.6 Å². The average molecular weight is 256 g/mol. The van der Waals surface area contributed by atoms with Gasteiger partial charge >= 0.3 is 0 Å². The van der Waals surface area contributed by atoms with E-state index in [1.807, 2.05) is 24.3 Å². The number of aromatic nitrogens is 2. The van der Waals surface area contributed by atoms with Gasteiger partial charge in [0.25, 0.3) is 5.56 Å². The Bertz CT molecular complexity index is 689. The number of ether oxygens (including phenoxy) is 1. The van der Waals surface area contributed by atoms with Crippen molar-refractivity contribution in [3.63, 3.8) is 0 Å². The van der Waals surface area contributed by atoms with Crippen LogP contribution in [0.1, 0.15) is 5.56 Å². The molecule has 0 unspecified atom stereocenters. The van der Waals surface area contributed by atoms with Gasteiger partial charge in [-0.2, -0.15) is 0 Å². The highest BCUT2D eigenvalue weighted by Crippen LogP contribution is 2.22. The molecule has 0 atom stereocenters. The first-order valence-electron chi connectivity index (χ1n) is 5.81. The van der Waals surface area contributed by atoms with E-state index in [4.69, 9.17) is 4.74 Å². The molecule has 19 heavy (non-hydrogen) atoms. The van der Waals surface area contributed by atoms with Gasteiger partial charge in [0, 0.05) is 0 Å². The van der Waals surface area contributed by atoms with Gasteiger partial charge < -0.3 is 15.0 Å². The molecule has 1 aromatic heterocycles. The molecule has 1 aliphatic heterocycles. The number of aliphatic imine (C=N–C) groups is 1. The Balaban J connectivity index is 2.00. The smallest absolute Gasteiger partial charge is 0.276 e. The van der Waals surface area contributed by atoms with Crippen molar-refractivity contribution in [2.75, 3.05) is 19.0 Å². The lowest BCUT2D eigenvalue weighted by Gasteiger charge is -2.15. The molecule has 0 saturated heterocycles. The summed E-state index contributed by atoms with van der Waals surface area (Å²) in [5.41, 5.74) is 2.02. The number of nitrogens with one attached hydrogen (secondary N) is 2. The quantitative estimate of drug-likeness (QED) is 0.849. The molecule has 0 amide bonds. The zero-order valence-electron chi connectivity index (χ0n) is 10.3. The molecule has 1 aromatic carbocycles. The molecule has 2 aromatic rings. The van der Waals surface area contributed by atoms with E-state index in [1.165, 1.54) is 6.33 Å². The van der Waals surface area contributed by atoms with Gasteiger partial charge in [-0.15, -0.1) is 0 Å². The van der Waals surface area contributed by atoms with Crippen molar-refractivity contribution in [3.05, 3.63) is 46.5 Å². The molecule has 0 spiro atoms. The van der Waals surface area contributed by atoms with Crippen LogP contribution in [0, 0.1) is 0 Å². The van der Waals surface area contributed by atoms with E-state index in [-0.39, 0.29) is 5.56 Å². The van der Waals surface area contributed by atoms with Crippen LogP contribution >= 0.6 is 0 Å². The van der Waals surface area contributed by atoms with Gasteiger partial charge in [-0.05, 0) is 29.8 Å². The predicted octanol–water partition coefficient (Wildman–Crippen LogP) is 1.32. The molecule has 96 valence electrons. The summed E-state index contributed by atoms with van der Waals surface area (Å²) >= 11 is 0. The van der Waals surface area contributed by atoms with Gasteiger partial charge in [-0.1, -0.05) is 0 Å². The Kier molecular flexibility index (Phi) is 2.75. The fourth-order valence-electron chi connectivity index (χ4n) is 1.92. The number of fused-ring (bicyclic) bond motifs is 1. The van der Waals surface area contributed by atoms with Crippen molar-refractivity contribution in [2.24, 2.45) is 4.99 Å². The van der Waals surface area contributed by atoms with E-state index in [1.54, 1.807) is 7.11 Å². The van der Waals surface area contributed by atoms with Gasteiger partial charge in [0.15, 0.2) is 5.82 Å². The molecule has 2 N–H and O–H groups in total. The fourth-order valence-corrected chi connectivity index (χ4v) is 1.92. The zero-order valence-corrected chi connectivity index (χ0v) is 10.3. The van der Waals surface area contributed by atoms with Crippen molar-refractivity contribution in [1.29, 1.82) is 0 Å². The van der Waals surface area contributed by atoms with E-state index in [9.17, 15) is 4.79 Å². The molecule has 0 aliphatic carbocycles. The maximum absolute atomic E-state index is 11.5. The summed E-state index contributed by atoms with van der Waals surface area (Å²) in [5.74, 6) is 1.21.